The van der Waals surface area contributed by atoms with Gasteiger partial charge in [-0.05, 0) is 48.1 Å². The smallest absolute Gasteiger partial charge is 0.250 e. The Balaban J connectivity index is 1.55. The fraction of sp³-hybridized carbons (Fsp3) is 0. The Morgan fingerprint density at radius 2 is 1.85 bits per heavy atom. The number of amides is 1. The van der Waals surface area contributed by atoms with E-state index in [2.05, 4.69) is 31.5 Å². The number of hydrogen-bond acceptors (Lipinski definition) is 4. The number of thiazole rings is 1. The number of aromatic nitrogens is 1. The van der Waals surface area contributed by atoms with Crippen molar-refractivity contribution in [1.29, 1.82) is 0 Å². The number of thiocarbonyl (C=S) groups is 1. The van der Waals surface area contributed by atoms with E-state index in [0.29, 0.717) is 10.2 Å². The molecular weight excluding hydrogens is 466 g/mol. The Bertz CT molecular complexity index is 985. The molecule has 0 aliphatic carbocycles. The molecule has 2 aromatic carbocycles. The van der Waals surface area contributed by atoms with E-state index in [1.807, 2.05) is 41.8 Å². The lowest BCUT2D eigenvalue weighted by molar-refractivity contribution is -0.115. The summed E-state index contributed by atoms with van der Waals surface area (Å²) < 4.78 is 1.01. The van der Waals surface area contributed by atoms with Crippen molar-refractivity contribution in [1.82, 2.24) is 10.3 Å². The second-order valence-electron chi connectivity index (χ2n) is 5.37. The minimum Gasteiger partial charge on any atom is -0.308 e. The molecule has 1 amide bonds. The molecule has 3 aromatic rings. The quantitative estimate of drug-likeness (QED) is 0.370. The zero-order valence-electron chi connectivity index (χ0n) is 13.8. The Kier molecular flexibility index (Phi) is 6.73. The van der Waals surface area contributed by atoms with Crippen LogP contribution in [-0.2, 0) is 4.79 Å². The Morgan fingerprint density at radius 1 is 1.15 bits per heavy atom. The van der Waals surface area contributed by atoms with Gasteiger partial charge in [0.25, 0.3) is 0 Å². The van der Waals surface area contributed by atoms with Crippen LogP contribution in [0.15, 0.2) is 64.5 Å². The maximum absolute atomic E-state index is 12.0. The Hall–Kier alpha value is -2.06. The average Bonchev–Trinajstić information content (AvgIpc) is 3.10. The standard InChI is InChI=1S/C19H13BrClN3OS2/c20-14-6-4-13(5-7-14)16-11-27-19(22-16)24-18(26)23-17(25)10-3-12-1-8-15(21)9-2-12/h1-11H,(H2,22,23,24,25,26)/b10-3+. The van der Waals surface area contributed by atoms with E-state index in [0.717, 1.165) is 21.3 Å². The summed E-state index contributed by atoms with van der Waals surface area (Å²) in [6, 6.07) is 15.0. The number of hydrogen-bond donors (Lipinski definition) is 2. The van der Waals surface area contributed by atoms with E-state index in [1.165, 1.54) is 17.4 Å². The number of rotatable bonds is 4. The molecular formula is C19H13BrClN3OS2. The highest BCUT2D eigenvalue weighted by atomic mass is 79.9. The minimum absolute atomic E-state index is 0.192. The molecule has 0 saturated carbocycles. The van der Waals surface area contributed by atoms with Gasteiger partial charge >= 0.3 is 0 Å². The molecule has 0 radical (unpaired) electrons. The van der Waals surface area contributed by atoms with Crippen LogP contribution >= 0.6 is 51.1 Å². The number of carbonyl (C=O) groups is 1. The van der Waals surface area contributed by atoms with Crippen molar-refractivity contribution in [3.05, 3.63) is 75.0 Å². The lowest BCUT2D eigenvalue weighted by atomic mass is 10.2. The Labute approximate surface area is 179 Å². The highest BCUT2D eigenvalue weighted by molar-refractivity contribution is 9.10. The van der Waals surface area contributed by atoms with Crippen molar-refractivity contribution in [2.75, 3.05) is 5.32 Å². The largest absolute Gasteiger partial charge is 0.308 e. The molecule has 0 aliphatic rings. The van der Waals surface area contributed by atoms with Gasteiger partial charge in [-0.25, -0.2) is 4.98 Å². The Morgan fingerprint density at radius 3 is 2.56 bits per heavy atom. The van der Waals surface area contributed by atoms with E-state index in [1.54, 1.807) is 18.2 Å². The number of carbonyl (C=O) groups excluding carboxylic acids is 1. The van der Waals surface area contributed by atoms with E-state index < -0.39 is 0 Å². The lowest BCUT2D eigenvalue weighted by Crippen LogP contribution is -2.32. The summed E-state index contributed by atoms with van der Waals surface area (Å²) >= 11 is 15.8. The molecule has 4 nitrogen and oxygen atoms in total. The molecule has 27 heavy (non-hydrogen) atoms. The van der Waals surface area contributed by atoms with Crippen molar-refractivity contribution in [2.24, 2.45) is 0 Å². The average molecular weight is 479 g/mol. The van der Waals surface area contributed by atoms with Crippen LogP contribution in [0.5, 0.6) is 0 Å². The molecule has 1 aromatic heterocycles. The fourth-order valence-corrected chi connectivity index (χ4v) is 3.49. The van der Waals surface area contributed by atoms with Crippen molar-refractivity contribution in [3.8, 4) is 11.3 Å². The van der Waals surface area contributed by atoms with E-state index in [-0.39, 0.29) is 11.0 Å². The first-order valence-corrected chi connectivity index (χ1v) is 10.2. The molecule has 0 atom stereocenters. The molecule has 136 valence electrons. The van der Waals surface area contributed by atoms with Gasteiger partial charge in [-0.15, -0.1) is 11.3 Å². The van der Waals surface area contributed by atoms with Gasteiger partial charge in [0.1, 0.15) is 0 Å². The van der Waals surface area contributed by atoms with Crippen LogP contribution in [0.25, 0.3) is 17.3 Å². The summed E-state index contributed by atoms with van der Waals surface area (Å²) in [5.41, 5.74) is 2.71. The SMILES string of the molecule is O=C(/C=C/c1ccc(Cl)cc1)NC(=S)Nc1nc(-c2ccc(Br)cc2)cs1. The van der Waals surface area contributed by atoms with Crippen molar-refractivity contribution in [2.45, 2.75) is 0 Å². The molecule has 3 rings (SSSR count). The summed E-state index contributed by atoms with van der Waals surface area (Å²) in [4.78, 5) is 16.5. The zero-order valence-corrected chi connectivity index (χ0v) is 17.8. The highest BCUT2D eigenvalue weighted by Gasteiger charge is 2.07. The summed E-state index contributed by atoms with van der Waals surface area (Å²) in [5, 5.41) is 8.90. The molecule has 8 heteroatoms. The van der Waals surface area contributed by atoms with Crippen LogP contribution in [0, 0.1) is 0 Å². The predicted octanol–water partition coefficient (Wildman–Crippen LogP) is 5.75. The minimum atomic E-state index is -0.327. The maximum atomic E-state index is 12.0. The summed E-state index contributed by atoms with van der Waals surface area (Å²) in [5.74, 6) is -0.327. The predicted molar refractivity (Wildman–Crippen MR) is 120 cm³/mol. The summed E-state index contributed by atoms with van der Waals surface area (Å²) in [7, 11) is 0. The second-order valence-corrected chi connectivity index (χ2v) is 7.99. The molecule has 0 bridgehead atoms. The lowest BCUT2D eigenvalue weighted by Gasteiger charge is -2.04. The first kappa shape index (κ1) is 19.7. The third-order valence-electron chi connectivity index (χ3n) is 3.40. The molecule has 0 spiro atoms. The van der Waals surface area contributed by atoms with Crippen molar-refractivity contribution in [3.63, 3.8) is 0 Å². The molecule has 1 heterocycles. The molecule has 0 fully saturated rings. The first-order chi connectivity index (χ1) is 13.0. The van der Waals surface area contributed by atoms with Crippen LogP contribution in [-0.4, -0.2) is 16.0 Å². The summed E-state index contributed by atoms with van der Waals surface area (Å²) in [6.45, 7) is 0. The highest BCUT2D eigenvalue weighted by Crippen LogP contribution is 2.26. The topological polar surface area (TPSA) is 54.0 Å². The molecule has 0 unspecified atom stereocenters. The van der Waals surface area contributed by atoms with Gasteiger partial charge in [-0.3, -0.25) is 10.1 Å². The molecule has 0 saturated heterocycles. The zero-order chi connectivity index (χ0) is 19.2. The number of benzene rings is 2. The van der Waals surface area contributed by atoms with Gasteiger partial charge in [-0.2, -0.15) is 0 Å². The number of nitrogens with zero attached hydrogens (tertiary/aromatic N) is 1. The van der Waals surface area contributed by atoms with Gasteiger partial charge in [0.2, 0.25) is 5.91 Å². The monoisotopic (exact) mass is 477 g/mol. The van der Waals surface area contributed by atoms with Gasteiger partial charge in [0.15, 0.2) is 10.2 Å². The molecule has 2 N–H and O–H groups in total. The number of halogens is 2. The van der Waals surface area contributed by atoms with Gasteiger partial charge in [0, 0.05) is 26.5 Å². The van der Waals surface area contributed by atoms with E-state index in [9.17, 15) is 4.79 Å². The van der Waals surface area contributed by atoms with Crippen molar-refractivity contribution < 1.29 is 4.79 Å². The van der Waals surface area contributed by atoms with Crippen molar-refractivity contribution >= 4 is 73.3 Å². The van der Waals surface area contributed by atoms with Crippen LogP contribution in [0.2, 0.25) is 5.02 Å². The van der Waals surface area contributed by atoms with Crippen LogP contribution < -0.4 is 10.6 Å². The van der Waals surface area contributed by atoms with Crippen LogP contribution in [0.1, 0.15) is 5.56 Å². The van der Waals surface area contributed by atoms with E-state index in [4.69, 9.17) is 23.8 Å². The normalized spacial score (nSPS) is 10.7. The number of anilines is 1. The fourth-order valence-electron chi connectivity index (χ4n) is 2.11. The van der Waals surface area contributed by atoms with Gasteiger partial charge in [-0.1, -0.05) is 51.8 Å². The van der Waals surface area contributed by atoms with Crippen LogP contribution in [0.3, 0.4) is 0 Å². The second kappa shape index (κ2) is 9.23. The molecule has 0 aliphatic heterocycles. The van der Waals surface area contributed by atoms with E-state index >= 15 is 0 Å². The maximum Gasteiger partial charge on any atom is 0.250 e. The first-order valence-electron chi connectivity index (χ1n) is 7.77. The van der Waals surface area contributed by atoms with Gasteiger partial charge < -0.3 is 5.32 Å². The third-order valence-corrected chi connectivity index (χ3v) is 5.14. The summed E-state index contributed by atoms with van der Waals surface area (Å²) in [6.07, 6.45) is 3.09. The van der Waals surface area contributed by atoms with Gasteiger partial charge in [0.05, 0.1) is 5.69 Å². The van der Waals surface area contributed by atoms with Crippen LogP contribution in [0.4, 0.5) is 5.13 Å². The third kappa shape index (κ3) is 5.97. The number of nitrogens with one attached hydrogen (secondary N) is 2.